The Balaban J connectivity index is 4.41. The molecule has 0 aliphatic heterocycles. The predicted octanol–water partition coefficient (Wildman–Crippen LogP) is 15.5. The van der Waals surface area contributed by atoms with Crippen molar-refractivity contribution in [3.8, 4) is 0 Å². The maximum absolute atomic E-state index is 12.7. The van der Waals surface area contributed by atoms with Gasteiger partial charge in [-0.3, -0.25) is 14.4 Å². The molecule has 0 saturated carbocycles. The Morgan fingerprint density at radius 3 is 1.09 bits per heavy atom. The van der Waals surface area contributed by atoms with E-state index in [-0.39, 0.29) is 31.1 Å². The molecule has 0 aromatic carbocycles. The molecule has 0 bridgehead atoms. The van der Waals surface area contributed by atoms with Crippen LogP contribution in [0.2, 0.25) is 0 Å². The molecule has 0 radical (unpaired) electrons. The van der Waals surface area contributed by atoms with Crippen molar-refractivity contribution in [3.05, 3.63) is 48.6 Å². The molecule has 330 valence electrons. The fourth-order valence-electron chi connectivity index (χ4n) is 6.58. The summed E-state index contributed by atoms with van der Waals surface area (Å²) in [6.45, 7) is 6.53. The highest BCUT2D eigenvalue weighted by Gasteiger charge is 2.19. The van der Waals surface area contributed by atoms with Gasteiger partial charge in [-0.1, -0.05) is 179 Å². The molecule has 1 atom stereocenters. The third kappa shape index (κ3) is 44.3. The minimum Gasteiger partial charge on any atom is -0.462 e. The van der Waals surface area contributed by atoms with E-state index < -0.39 is 6.10 Å². The van der Waals surface area contributed by atoms with Crippen LogP contribution in [0.3, 0.4) is 0 Å². The van der Waals surface area contributed by atoms with E-state index in [2.05, 4.69) is 69.4 Å². The third-order valence-corrected chi connectivity index (χ3v) is 10.3. The van der Waals surface area contributed by atoms with Gasteiger partial charge in [0, 0.05) is 19.3 Å². The summed E-state index contributed by atoms with van der Waals surface area (Å²) in [4.78, 5) is 37.8. The fourth-order valence-corrected chi connectivity index (χ4v) is 6.58. The molecule has 0 heterocycles. The Kier molecular flexibility index (Phi) is 43.9. The van der Waals surface area contributed by atoms with Crippen molar-refractivity contribution in [1.82, 2.24) is 0 Å². The molecule has 0 amide bonds. The van der Waals surface area contributed by atoms with Gasteiger partial charge in [0.05, 0.1) is 0 Å². The number of esters is 3. The second kappa shape index (κ2) is 46.1. The van der Waals surface area contributed by atoms with Crippen LogP contribution in [-0.4, -0.2) is 37.2 Å². The molecule has 0 saturated heterocycles. The average molecular weight is 799 g/mol. The summed E-state index contributed by atoms with van der Waals surface area (Å²) in [5.41, 5.74) is 0. The van der Waals surface area contributed by atoms with Crippen LogP contribution in [0.15, 0.2) is 48.6 Å². The molecule has 0 aromatic rings. The number of carbonyl (C=O) groups excluding carboxylic acids is 3. The van der Waals surface area contributed by atoms with Crippen molar-refractivity contribution in [1.29, 1.82) is 0 Å². The Morgan fingerprint density at radius 1 is 0.351 bits per heavy atom. The molecule has 57 heavy (non-hydrogen) atoms. The molecule has 6 nitrogen and oxygen atoms in total. The third-order valence-electron chi connectivity index (χ3n) is 10.3. The van der Waals surface area contributed by atoms with Crippen molar-refractivity contribution in [2.75, 3.05) is 13.2 Å². The van der Waals surface area contributed by atoms with Crippen LogP contribution in [0.4, 0.5) is 0 Å². The lowest BCUT2D eigenvalue weighted by Crippen LogP contribution is -2.30. The highest BCUT2D eigenvalue weighted by atomic mass is 16.6. The van der Waals surface area contributed by atoms with Gasteiger partial charge in [-0.25, -0.2) is 0 Å². The molecule has 0 N–H and O–H groups in total. The highest BCUT2D eigenvalue weighted by Crippen LogP contribution is 2.13. The van der Waals surface area contributed by atoms with Crippen molar-refractivity contribution in [3.63, 3.8) is 0 Å². The van der Waals surface area contributed by atoms with Crippen molar-refractivity contribution in [2.24, 2.45) is 0 Å². The van der Waals surface area contributed by atoms with Crippen molar-refractivity contribution >= 4 is 17.9 Å². The normalized spacial score (nSPS) is 12.4. The summed E-state index contributed by atoms with van der Waals surface area (Å²) >= 11 is 0. The fraction of sp³-hybridized carbons (Fsp3) is 0.784. The average Bonchev–Trinajstić information content (AvgIpc) is 3.21. The quantitative estimate of drug-likeness (QED) is 0.0201. The zero-order valence-electron chi connectivity index (χ0n) is 37.6. The summed E-state index contributed by atoms with van der Waals surface area (Å²) in [6.07, 6.45) is 53.7. The second-order valence-electron chi connectivity index (χ2n) is 16.0. The Morgan fingerprint density at radius 2 is 0.649 bits per heavy atom. The highest BCUT2D eigenvalue weighted by molar-refractivity contribution is 5.71. The van der Waals surface area contributed by atoms with Crippen LogP contribution in [-0.2, 0) is 28.6 Å². The van der Waals surface area contributed by atoms with Crippen molar-refractivity contribution in [2.45, 2.75) is 245 Å². The first-order valence-electron chi connectivity index (χ1n) is 24.2. The number of rotatable bonds is 43. The van der Waals surface area contributed by atoms with Gasteiger partial charge in [-0.15, -0.1) is 0 Å². The smallest absolute Gasteiger partial charge is 0.306 e. The first-order valence-corrected chi connectivity index (χ1v) is 24.2. The van der Waals surface area contributed by atoms with E-state index in [0.717, 1.165) is 83.5 Å². The van der Waals surface area contributed by atoms with Gasteiger partial charge in [-0.2, -0.15) is 0 Å². The zero-order valence-corrected chi connectivity index (χ0v) is 37.6. The minimum atomic E-state index is -0.786. The molecular weight excluding hydrogens is 709 g/mol. The monoisotopic (exact) mass is 799 g/mol. The zero-order chi connectivity index (χ0) is 41.5. The molecule has 0 aromatic heterocycles. The van der Waals surface area contributed by atoms with Gasteiger partial charge in [0.25, 0.3) is 0 Å². The maximum atomic E-state index is 12.7. The first-order chi connectivity index (χ1) is 28.0. The van der Waals surface area contributed by atoms with Crippen LogP contribution < -0.4 is 0 Å². The van der Waals surface area contributed by atoms with E-state index in [1.807, 2.05) is 0 Å². The number of carbonyl (C=O) groups is 3. The first kappa shape index (κ1) is 54.4. The Labute approximate surface area is 352 Å². The van der Waals surface area contributed by atoms with Gasteiger partial charge in [-0.05, 0) is 89.9 Å². The molecule has 6 heteroatoms. The van der Waals surface area contributed by atoms with Crippen LogP contribution in [0.25, 0.3) is 0 Å². The number of allylic oxidation sites excluding steroid dienone is 8. The lowest BCUT2D eigenvalue weighted by Gasteiger charge is -2.18. The lowest BCUT2D eigenvalue weighted by molar-refractivity contribution is -0.167. The van der Waals surface area contributed by atoms with E-state index >= 15 is 0 Å². The van der Waals surface area contributed by atoms with Gasteiger partial charge in [0.15, 0.2) is 6.10 Å². The van der Waals surface area contributed by atoms with Crippen LogP contribution in [0, 0.1) is 0 Å². The van der Waals surface area contributed by atoms with E-state index in [1.165, 1.54) is 116 Å². The largest absolute Gasteiger partial charge is 0.462 e. The Bertz CT molecular complexity index is 1010. The van der Waals surface area contributed by atoms with Gasteiger partial charge in [0.1, 0.15) is 13.2 Å². The molecule has 0 fully saturated rings. The summed E-state index contributed by atoms with van der Waals surface area (Å²) in [5, 5.41) is 0. The molecule has 0 spiro atoms. The number of unbranched alkanes of at least 4 members (excludes halogenated alkanes) is 25. The van der Waals surface area contributed by atoms with Gasteiger partial charge < -0.3 is 14.2 Å². The summed E-state index contributed by atoms with van der Waals surface area (Å²) in [6, 6.07) is 0. The summed E-state index contributed by atoms with van der Waals surface area (Å²) in [5.74, 6) is -0.923. The van der Waals surface area contributed by atoms with Crippen molar-refractivity contribution < 1.29 is 28.6 Å². The predicted molar refractivity (Wildman–Crippen MR) is 242 cm³/mol. The van der Waals surface area contributed by atoms with Crippen LogP contribution in [0.5, 0.6) is 0 Å². The van der Waals surface area contributed by atoms with E-state index in [0.29, 0.717) is 19.3 Å². The van der Waals surface area contributed by atoms with Gasteiger partial charge >= 0.3 is 17.9 Å². The van der Waals surface area contributed by atoms with Crippen LogP contribution in [0.1, 0.15) is 239 Å². The molecule has 0 rings (SSSR count). The summed E-state index contributed by atoms with van der Waals surface area (Å²) < 4.78 is 16.7. The molecule has 1 unspecified atom stereocenters. The standard InChI is InChI=1S/C51H90O6/c1-4-7-10-13-16-19-22-24-25-27-29-32-35-38-41-44-50(53)56-47-48(46-55-49(52)43-40-37-34-31-28-21-18-15-12-9-6-3)57-51(54)45-42-39-36-33-30-26-23-20-17-14-11-8-5-2/h15-16,18-19,22,24,26,30,48H,4-14,17,20-21,23,25,27-29,31-47H2,1-3H3/b18-15-,19-16-,24-22-,30-26-. The Hall–Kier alpha value is -2.63. The molecule has 0 aliphatic carbocycles. The lowest BCUT2D eigenvalue weighted by atomic mass is 10.1. The summed E-state index contributed by atoms with van der Waals surface area (Å²) in [7, 11) is 0. The second-order valence-corrected chi connectivity index (χ2v) is 16.0. The van der Waals surface area contributed by atoms with E-state index in [4.69, 9.17) is 14.2 Å². The molecular formula is C51H90O6. The van der Waals surface area contributed by atoms with E-state index in [9.17, 15) is 14.4 Å². The number of hydrogen-bond acceptors (Lipinski definition) is 6. The minimum absolute atomic E-state index is 0.0872. The topological polar surface area (TPSA) is 78.9 Å². The SMILES string of the molecule is CCCC/C=C\CCCCCCCC(=O)OCC(COC(=O)CCCCCCCC/C=C\C=C/CCCCC)OC(=O)CCCCC/C=C\CCCCCCCC. The maximum Gasteiger partial charge on any atom is 0.306 e. The number of hydrogen-bond donors (Lipinski definition) is 0. The molecule has 0 aliphatic rings. The van der Waals surface area contributed by atoms with E-state index in [1.54, 1.807) is 0 Å². The number of ether oxygens (including phenoxy) is 3. The van der Waals surface area contributed by atoms with Gasteiger partial charge in [0.2, 0.25) is 0 Å². The van der Waals surface area contributed by atoms with Crippen LogP contribution >= 0.6 is 0 Å².